The van der Waals surface area contributed by atoms with Gasteiger partial charge in [-0.25, -0.2) is 0 Å². The minimum Gasteiger partial charge on any atom is -0.379 e. The second-order valence-electron chi connectivity index (χ2n) is 8.50. The topological polar surface area (TPSA) is 32.7 Å². The Bertz CT molecular complexity index is 1040. The third-order valence-corrected chi connectivity index (χ3v) is 6.58. The second kappa shape index (κ2) is 10.9. The number of para-hydroxylation sites is 1. The highest BCUT2D eigenvalue weighted by molar-refractivity contribution is 7.80. The highest BCUT2D eigenvalue weighted by Crippen LogP contribution is 2.22. The van der Waals surface area contributed by atoms with Gasteiger partial charge >= 0.3 is 0 Å². The summed E-state index contributed by atoms with van der Waals surface area (Å²) in [5.41, 5.74) is 4.93. The molecule has 3 aromatic rings. The number of nitrogens with one attached hydrogen (secondary N) is 1. The van der Waals surface area contributed by atoms with Crippen molar-refractivity contribution in [2.45, 2.75) is 26.3 Å². The van der Waals surface area contributed by atoms with E-state index in [2.05, 4.69) is 88.4 Å². The lowest BCUT2D eigenvalue weighted by Gasteiger charge is -2.29. The van der Waals surface area contributed by atoms with Crippen LogP contribution in [0.15, 0.2) is 54.7 Å². The summed E-state index contributed by atoms with van der Waals surface area (Å²) in [6.45, 7) is 8.69. The van der Waals surface area contributed by atoms with Gasteiger partial charge in [0.25, 0.3) is 0 Å². The smallest absolute Gasteiger partial charge is 0.173 e. The van der Waals surface area contributed by atoms with Crippen molar-refractivity contribution in [3.63, 3.8) is 0 Å². The summed E-state index contributed by atoms with van der Waals surface area (Å²) in [7, 11) is 2.11. The summed E-state index contributed by atoms with van der Waals surface area (Å²) in [6.07, 6.45) is 4.32. The molecular weight excluding hydrogens is 416 g/mol. The Morgan fingerprint density at radius 1 is 1.12 bits per heavy atom. The summed E-state index contributed by atoms with van der Waals surface area (Å²) in [6, 6.07) is 17.1. The standard InChI is InChI=1S/C26H34N4OS/c1-3-21-8-6-9-23(18-21)27-26(32)30(13-7-12-29-14-16-31-17-15-29)20-22-19-28(2)25-11-5-4-10-24(22)25/h4-6,8-11,18-19H,3,7,12-17,20H2,1-2H3,(H,27,32). The van der Waals surface area contributed by atoms with Gasteiger partial charge in [-0.3, -0.25) is 4.90 Å². The lowest BCUT2D eigenvalue weighted by atomic mass is 10.1. The first-order chi connectivity index (χ1) is 15.6. The molecule has 0 saturated carbocycles. The predicted octanol–water partition coefficient (Wildman–Crippen LogP) is 4.66. The van der Waals surface area contributed by atoms with Crippen LogP contribution in [0.25, 0.3) is 10.9 Å². The van der Waals surface area contributed by atoms with Gasteiger partial charge in [0, 0.05) is 62.6 Å². The van der Waals surface area contributed by atoms with E-state index >= 15 is 0 Å². The van der Waals surface area contributed by atoms with E-state index in [1.54, 1.807) is 0 Å². The molecule has 0 aliphatic carbocycles. The molecule has 0 atom stereocenters. The van der Waals surface area contributed by atoms with Gasteiger partial charge in [-0.15, -0.1) is 0 Å². The number of thiocarbonyl (C=S) groups is 1. The monoisotopic (exact) mass is 450 g/mol. The molecule has 6 heteroatoms. The number of benzene rings is 2. The van der Waals surface area contributed by atoms with Crippen molar-refractivity contribution in [3.8, 4) is 0 Å². The zero-order valence-corrected chi connectivity index (χ0v) is 20.0. The van der Waals surface area contributed by atoms with E-state index in [1.165, 1.54) is 22.0 Å². The lowest BCUT2D eigenvalue weighted by molar-refractivity contribution is 0.0368. The zero-order valence-electron chi connectivity index (χ0n) is 19.2. The average Bonchev–Trinajstić information content (AvgIpc) is 3.14. The summed E-state index contributed by atoms with van der Waals surface area (Å²) in [4.78, 5) is 4.80. The van der Waals surface area contributed by atoms with Gasteiger partial charge in [0.15, 0.2) is 5.11 Å². The number of fused-ring (bicyclic) bond motifs is 1. The molecule has 170 valence electrons. The summed E-state index contributed by atoms with van der Waals surface area (Å²) in [5, 5.41) is 5.58. The summed E-state index contributed by atoms with van der Waals surface area (Å²) >= 11 is 5.91. The molecule has 1 aliphatic heterocycles. The number of nitrogens with zero attached hydrogens (tertiary/aromatic N) is 3. The van der Waals surface area contributed by atoms with E-state index in [4.69, 9.17) is 17.0 Å². The van der Waals surface area contributed by atoms with Crippen LogP contribution in [0.4, 0.5) is 5.69 Å². The van der Waals surface area contributed by atoms with E-state index in [0.717, 1.165) is 69.6 Å². The highest BCUT2D eigenvalue weighted by atomic mass is 32.1. The Morgan fingerprint density at radius 3 is 2.75 bits per heavy atom. The Morgan fingerprint density at radius 2 is 1.94 bits per heavy atom. The van der Waals surface area contributed by atoms with E-state index in [1.807, 2.05) is 0 Å². The van der Waals surface area contributed by atoms with Gasteiger partial charge in [0.1, 0.15) is 0 Å². The number of anilines is 1. The molecule has 1 aliphatic rings. The number of rotatable bonds is 8. The average molecular weight is 451 g/mol. The molecule has 32 heavy (non-hydrogen) atoms. The molecule has 1 saturated heterocycles. The van der Waals surface area contributed by atoms with Crippen LogP contribution in [0.2, 0.25) is 0 Å². The zero-order chi connectivity index (χ0) is 22.3. The van der Waals surface area contributed by atoms with Crippen molar-refractivity contribution in [1.29, 1.82) is 0 Å². The first-order valence-electron chi connectivity index (χ1n) is 11.6. The Labute approximate surface area is 197 Å². The fraction of sp³-hybridized carbons (Fsp3) is 0.423. The van der Waals surface area contributed by atoms with Crippen LogP contribution < -0.4 is 5.32 Å². The van der Waals surface area contributed by atoms with Crippen LogP contribution in [0.3, 0.4) is 0 Å². The number of hydrogen-bond acceptors (Lipinski definition) is 3. The molecule has 1 fully saturated rings. The van der Waals surface area contributed by atoms with Crippen LogP contribution in [-0.4, -0.2) is 58.9 Å². The maximum absolute atomic E-state index is 5.91. The number of aryl methyl sites for hydroxylation is 2. The normalized spacial score (nSPS) is 14.6. The molecule has 1 N–H and O–H groups in total. The molecule has 2 heterocycles. The quantitative estimate of drug-likeness (QED) is 0.505. The molecular formula is C26H34N4OS. The molecule has 0 bridgehead atoms. The third-order valence-electron chi connectivity index (χ3n) is 6.22. The molecule has 1 aromatic heterocycles. The molecule has 0 radical (unpaired) electrons. The fourth-order valence-corrected chi connectivity index (χ4v) is 4.66. The van der Waals surface area contributed by atoms with Crippen LogP contribution in [-0.2, 0) is 24.8 Å². The third kappa shape index (κ3) is 5.68. The van der Waals surface area contributed by atoms with Crippen molar-refractivity contribution >= 4 is 33.9 Å². The van der Waals surface area contributed by atoms with E-state index in [0.29, 0.717) is 0 Å². The second-order valence-corrected chi connectivity index (χ2v) is 8.88. The SMILES string of the molecule is CCc1cccc(NC(=S)N(CCCN2CCOCC2)Cc2cn(C)c3ccccc23)c1. The van der Waals surface area contributed by atoms with Crippen molar-refractivity contribution in [1.82, 2.24) is 14.4 Å². The van der Waals surface area contributed by atoms with Gasteiger partial charge in [0.05, 0.1) is 13.2 Å². The van der Waals surface area contributed by atoms with Crippen molar-refractivity contribution in [2.75, 3.05) is 44.7 Å². The maximum Gasteiger partial charge on any atom is 0.173 e. The van der Waals surface area contributed by atoms with Crippen LogP contribution >= 0.6 is 12.2 Å². The Hall–Kier alpha value is -2.41. The lowest BCUT2D eigenvalue weighted by Crippen LogP contribution is -2.40. The minimum atomic E-state index is 0.785. The van der Waals surface area contributed by atoms with Crippen LogP contribution in [0, 0.1) is 0 Å². The first kappa shape index (κ1) is 22.8. The van der Waals surface area contributed by atoms with Crippen LogP contribution in [0.1, 0.15) is 24.5 Å². The van der Waals surface area contributed by atoms with E-state index < -0.39 is 0 Å². The number of ether oxygens (including phenoxy) is 1. The van der Waals surface area contributed by atoms with Gasteiger partial charge in [-0.1, -0.05) is 37.3 Å². The summed E-state index contributed by atoms with van der Waals surface area (Å²) < 4.78 is 7.69. The van der Waals surface area contributed by atoms with Crippen molar-refractivity contribution in [2.24, 2.45) is 7.05 Å². The van der Waals surface area contributed by atoms with E-state index in [9.17, 15) is 0 Å². The number of morpholine rings is 1. The van der Waals surface area contributed by atoms with Gasteiger partial charge in [-0.2, -0.15) is 0 Å². The number of hydrogen-bond donors (Lipinski definition) is 1. The van der Waals surface area contributed by atoms with Crippen LogP contribution in [0.5, 0.6) is 0 Å². The van der Waals surface area contributed by atoms with E-state index in [-0.39, 0.29) is 0 Å². The maximum atomic E-state index is 5.91. The molecule has 4 rings (SSSR count). The first-order valence-corrected chi connectivity index (χ1v) is 12.0. The fourth-order valence-electron chi connectivity index (χ4n) is 4.39. The van der Waals surface area contributed by atoms with Gasteiger partial charge in [0.2, 0.25) is 0 Å². The molecule has 0 spiro atoms. The van der Waals surface area contributed by atoms with Crippen molar-refractivity contribution in [3.05, 3.63) is 65.9 Å². The molecule has 5 nitrogen and oxygen atoms in total. The highest BCUT2D eigenvalue weighted by Gasteiger charge is 2.16. The molecule has 2 aromatic carbocycles. The largest absolute Gasteiger partial charge is 0.379 e. The minimum absolute atomic E-state index is 0.785. The summed E-state index contributed by atoms with van der Waals surface area (Å²) in [5.74, 6) is 0. The molecule has 0 amide bonds. The number of aromatic nitrogens is 1. The Balaban J connectivity index is 1.49. The molecule has 0 unspecified atom stereocenters. The van der Waals surface area contributed by atoms with Gasteiger partial charge < -0.3 is 19.5 Å². The van der Waals surface area contributed by atoms with Crippen molar-refractivity contribution < 1.29 is 4.74 Å². The predicted molar refractivity (Wildman–Crippen MR) is 137 cm³/mol. The Kier molecular flexibility index (Phi) is 7.79. The van der Waals surface area contributed by atoms with Gasteiger partial charge in [-0.05, 0) is 54.4 Å².